The van der Waals surface area contributed by atoms with Crippen molar-refractivity contribution in [3.63, 3.8) is 0 Å². The molecule has 0 aliphatic carbocycles. The van der Waals surface area contributed by atoms with E-state index in [4.69, 9.17) is 4.74 Å². The number of rotatable bonds is 2. The fraction of sp³-hybridized carbons (Fsp3) is 0.200. The second-order valence-corrected chi connectivity index (χ2v) is 4.45. The van der Waals surface area contributed by atoms with Gasteiger partial charge in [0.2, 0.25) is 0 Å². The van der Waals surface area contributed by atoms with Gasteiger partial charge < -0.3 is 4.74 Å². The lowest BCUT2D eigenvalue weighted by Gasteiger charge is -1.99. The first-order chi connectivity index (χ1) is 6.76. The van der Waals surface area contributed by atoms with Gasteiger partial charge in [0.05, 0.1) is 7.11 Å². The van der Waals surface area contributed by atoms with Crippen molar-refractivity contribution in [3.8, 4) is 5.06 Å². The maximum Gasteiger partial charge on any atom is 0.174 e. The molecule has 14 heavy (non-hydrogen) atoms. The lowest BCUT2D eigenvalue weighted by atomic mass is 10.1. The van der Waals surface area contributed by atoms with Gasteiger partial charge in [-0.05, 0) is 18.2 Å². The van der Waals surface area contributed by atoms with Gasteiger partial charge in [-0.2, -0.15) is 0 Å². The van der Waals surface area contributed by atoms with Crippen LogP contribution in [0.4, 0.5) is 4.39 Å². The van der Waals surface area contributed by atoms with Crippen molar-refractivity contribution in [3.05, 3.63) is 29.6 Å². The normalized spacial score (nSPS) is 10.8. The van der Waals surface area contributed by atoms with E-state index in [1.54, 1.807) is 13.2 Å². The Kier molecular flexibility index (Phi) is 2.74. The van der Waals surface area contributed by atoms with Crippen molar-refractivity contribution in [2.24, 2.45) is 0 Å². The van der Waals surface area contributed by atoms with E-state index in [0.717, 1.165) is 15.1 Å². The highest BCUT2D eigenvalue weighted by molar-refractivity contribution is 9.08. The summed E-state index contributed by atoms with van der Waals surface area (Å²) in [5, 5.41) is 2.27. The van der Waals surface area contributed by atoms with Crippen LogP contribution in [0, 0.1) is 5.82 Å². The van der Waals surface area contributed by atoms with Gasteiger partial charge in [0.1, 0.15) is 5.82 Å². The smallest absolute Gasteiger partial charge is 0.174 e. The molecule has 0 aliphatic heterocycles. The van der Waals surface area contributed by atoms with Gasteiger partial charge in [-0.15, -0.1) is 0 Å². The molecule has 74 valence electrons. The van der Waals surface area contributed by atoms with Crippen LogP contribution in [0.5, 0.6) is 5.06 Å². The fourth-order valence-electron chi connectivity index (χ4n) is 1.36. The molecule has 0 saturated heterocycles. The Morgan fingerprint density at radius 1 is 1.50 bits per heavy atom. The molecule has 0 bridgehead atoms. The lowest BCUT2D eigenvalue weighted by molar-refractivity contribution is 0.427. The van der Waals surface area contributed by atoms with Gasteiger partial charge in [-0.1, -0.05) is 27.3 Å². The molecule has 2 aromatic rings. The van der Waals surface area contributed by atoms with Crippen molar-refractivity contribution in [1.29, 1.82) is 0 Å². The van der Waals surface area contributed by atoms with Gasteiger partial charge in [0.25, 0.3) is 0 Å². The quantitative estimate of drug-likeness (QED) is 0.754. The van der Waals surface area contributed by atoms with Crippen molar-refractivity contribution in [2.75, 3.05) is 7.11 Å². The summed E-state index contributed by atoms with van der Waals surface area (Å²) < 4.78 is 19.5. The number of hydrogen-bond acceptors (Lipinski definition) is 2. The SMILES string of the molecule is COc1cc2c(CBr)c(F)ccc2s1. The summed E-state index contributed by atoms with van der Waals surface area (Å²) in [6, 6.07) is 5.15. The van der Waals surface area contributed by atoms with Crippen LogP contribution in [0.15, 0.2) is 18.2 Å². The molecule has 1 aromatic heterocycles. The van der Waals surface area contributed by atoms with Gasteiger partial charge >= 0.3 is 0 Å². The molecule has 0 fully saturated rings. The first-order valence-electron chi connectivity index (χ1n) is 4.07. The molecule has 4 heteroatoms. The largest absolute Gasteiger partial charge is 0.487 e. The number of fused-ring (bicyclic) bond motifs is 1. The van der Waals surface area contributed by atoms with Crippen molar-refractivity contribution in [2.45, 2.75) is 5.33 Å². The Morgan fingerprint density at radius 2 is 2.29 bits per heavy atom. The summed E-state index contributed by atoms with van der Waals surface area (Å²) in [6.45, 7) is 0. The van der Waals surface area contributed by atoms with Crippen LogP contribution in [0.2, 0.25) is 0 Å². The Hall–Kier alpha value is -0.610. The molecular weight excluding hydrogens is 267 g/mol. The third kappa shape index (κ3) is 1.53. The molecule has 1 heterocycles. The summed E-state index contributed by atoms with van der Waals surface area (Å²) in [4.78, 5) is 0. The molecule has 0 radical (unpaired) electrons. The Morgan fingerprint density at radius 3 is 2.93 bits per heavy atom. The molecule has 0 N–H and O–H groups in total. The molecule has 1 aromatic carbocycles. The zero-order valence-corrected chi connectivity index (χ0v) is 9.91. The highest BCUT2D eigenvalue weighted by Crippen LogP contribution is 2.35. The first kappa shape index (κ1) is 9.93. The highest BCUT2D eigenvalue weighted by atomic mass is 79.9. The second kappa shape index (κ2) is 3.87. The molecule has 0 spiro atoms. The van der Waals surface area contributed by atoms with Crippen molar-refractivity contribution >= 4 is 37.4 Å². The molecule has 2 rings (SSSR count). The monoisotopic (exact) mass is 274 g/mol. The van der Waals surface area contributed by atoms with Crippen LogP contribution in [0.3, 0.4) is 0 Å². The Bertz CT molecular complexity index is 466. The topological polar surface area (TPSA) is 9.23 Å². The molecule has 1 nitrogen and oxygen atoms in total. The zero-order chi connectivity index (χ0) is 10.1. The molecule has 0 aliphatic rings. The third-order valence-electron chi connectivity index (χ3n) is 2.07. The molecule has 0 saturated carbocycles. The number of halogens is 2. The number of thiophene rings is 1. The van der Waals surface area contributed by atoms with E-state index in [1.165, 1.54) is 17.4 Å². The maximum absolute atomic E-state index is 13.4. The van der Waals surface area contributed by atoms with E-state index < -0.39 is 0 Å². The van der Waals surface area contributed by atoms with E-state index in [9.17, 15) is 4.39 Å². The Balaban J connectivity index is 2.73. The van der Waals surface area contributed by atoms with Gasteiger partial charge in [-0.25, -0.2) is 4.39 Å². The number of hydrogen-bond donors (Lipinski definition) is 0. The predicted octanol–water partition coefficient (Wildman–Crippen LogP) is 3.94. The minimum Gasteiger partial charge on any atom is -0.487 e. The van der Waals surface area contributed by atoms with Crippen molar-refractivity contribution < 1.29 is 9.13 Å². The van der Waals surface area contributed by atoms with Crippen molar-refractivity contribution in [1.82, 2.24) is 0 Å². The minimum absolute atomic E-state index is 0.171. The number of benzene rings is 1. The Labute approximate surface area is 93.6 Å². The molecular formula is C10H8BrFOS. The average molecular weight is 275 g/mol. The zero-order valence-electron chi connectivity index (χ0n) is 7.51. The summed E-state index contributed by atoms with van der Waals surface area (Å²) in [7, 11) is 1.62. The number of ether oxygens (including phenoxy) is 1. The van der Waals surface area contributed by atoms with Crippen LogP contribution in [0.1, 0.15) is 5.56 Å². The highest BCUT2D eigenvalue weighted by Gasteiger charge is 2.09. The average Bonchev–Trinajstić information content (AvgIpc) is 2.60. The molecule has 0 amide bonds. The first-order valence-corrected chi connectivity index (χ1v) is 6.01. The third-order valence-corrected chi connectivity index (χ3v) is 3.69. The van der Waals surface area contributed by atoms with E-state index >= 15 is 0 Å². The fourth-order valence-corrected chi connectivity index (χ4v) is 2.83. The number of alkyl halides is 1. The van der Waals surface area contributed by atoms with Gasteiger partial charge in [0.15, 0.2) is 5.06 Å². The van der Waals surface area contributed by atoms with Crippen LogP contribution in [-0.2, 0) is 5.33 Å². The van der Waals surface area contributed by atoms with Gasteiger partial charge in [0, 0.05) is 21.0 Å². The van der Waals surface area contributed by atoms with Crippen LogP contribution in [0.25, 0.3) is 10.1 Å². The minimum atomic E-state index is -0.171. The summed E-state index contributed by atoms with van der Waals surface area (Å²) >= 11 is 4.81. The van der Waals surface area contributed by atoms with E-state index in [-0.39, 0.29) is 5.82 Å². The summed E-state index contributed by atoms with van der Waals surface area (Å²) in [5.74, 6) is -0.171. The van der Waals surface area contributed by atoms with E-state index in [1.807, 2.05) is 6.07 Å². The van der Waals surface area contributed by atoms with E-state index in [2.05, 4.69) is 15.9 Å². The molecule has 0 atom stereocenters. The standard InChI is InChI=1S/C10H8BrFOS/c1-13-10-4-6-7(5-11)8(12)2-3-9(6)14-10/h2-4H,5H2,1H3. The predicted molar refractivity (Wildman–Crippen MR) is 61.0 cm³/mol. The maximum atomic E-state index is 13.4. The van der Waals surface area contributed by atoms with Crippen LogP contribution >= 0.6 is 27.3 Å². The van der Waals surface area contributed by atoms with E-state index in [0.29, 0.717) is 10.9 Å². The number of methoxy groups -OCH3 is 1. The second-order valence-electron chi connectivity index (χ2n) is 2.84. The van der Waals surface area contributed by atoms with Gasteiger partial charge in [-0.3, -0.25) is 0 Å². The van der Waals surface area contributed by atoms with Crippen LogP contribution in [-0.4, -0.2) is 7.11 Å². The summed E-state index contributed by atoms with van der Waals surface area (Å²) in [6.07, 6.45) is 0. The van der Waals surface area contributed by atoms with Crippen LogP contribution < -0.4 is 4.74 Å². The molecule has 0 unspecified atom stereocenters. The summed E-state index contributed by atoms with van der Waals surface area (Å²) in [5.41, 5.74) is 0.696. The lowest BCUT2D eigenvalue weighted by Crippen LogP contribution is -1.85.